The van der Waals surface area contributed by atoms with E-state index >= 15 is 0 Å². The molecule has 1 aliphatic heterocycles. The van der Waals surface area contributed by atoms with Gasteiger partial charge >= 0.3 is 0 Å². The number of carbonyl (C=O) groups is 3. The quantitative estimate of drug-likeness (QED) is 0.372. The van der Waals surface area contributed by atoms with Crippen molar-refractivity contribution in [3.8, 4) is 0 Å². The predicted molar refractivity (Wildman–Crippen MR) is 151 cm³/mol. The van der Waals surface area contributed by atoms with Crippen LogP contribution in [0.3, 0.4) is 0 Å². The van der Waals surface area contributed by atoms with E-state index in [-0.39, 0.29) is 30.2 Å². The topological polar surface area (TPSA) is 69.7 Å². The number of nitrogens with one attached hydrogen (secondary N) is 1. The molecule has 5 rings (SSSR count). The van der Waals surface area contributed by atoms with Gasteiger partial charge in [0.1, 0.15) is 6.04 Å². The average molecular weight is 512 g/mol. The Balaban J connectivity index is 1.28. The fraction of sp³-hybridized carbons (Fsp3) is 0.406. The van der Waals surface area contributed by atoms with Gasteiger partial charge in [0, 0.05) is 36.5 Å². The van der Waals surface area contributed by atoms with E-state index in [1.165, 1.54) is 6.42 Å². The number of amides is 3. The normalized spacial score (nSPS) is 16.0. The summed E-state index contributed by atoms with van der Waals surface area (Å²) in [6, 6.07) is 21.3. The minimum Gasteiger partial charge on any atom is -0.352 e. The van der Waals surface area contributed by atoms with Crippen LogP contribution in [0.5, 0.6) is 0 Å². The first kappa shape index (κ1) is 26.0. The standard InChI is InChI=1S/C32H37N3O3/c1-2-27(31(37)33-25-16-7-4-8-17-25)35(22-23-12-5-3-6-13-23)29(36)20-11-21-34-28-19-10-15-24-14-9-18-26(30(24)28)32(34)38/h3,5-6,9-10,12-15,18-19,25,27H,2,4,7-8,11,16-17,20-22H2,1H3,(H,33,37). The number of nitrogens with zero attached hydrogens (tertiary/aromatic N) is 2. The van der Waals surface area contributed by atoms with E-state index in [1.807, 2.05) is 73.7 Å². The van der Waals surface area contributed by atoms with Gasteiger partial charge in [0.05, 0.1) is 5.69 Å². The second-order valence-corrected chi connectivity index (χ2v) is 10.5. The highest BCUT2D eigenvalue weighted by molar-refractivity contribution is 6.25. The summed E-state index contributed by atoms with van der Waals surface area (Å²) in [6.45, 7) is 2.82. The Kier molecular flexibility index (Phi) is 8.06. The van der Waals surface area contributed by atoms with Gasteiger partial charge in [0.25, 0.3) is 5.91 Å². The van der Waals surface area contributed by atoms with Gasteiger partial charge in [-0.15, -0.1) is 0 Å². The molecule has 3 aromatic rings. The first-order valence-corrected chi connectivity index (χ1v) is 14.0. The van der Waals surface area contributed by atoms with E-state index in [1.54, 1.807) is 9.80 Å². The molecule has 1 heterocycles. The zero-order chi connectivity index (χ0) is 26.5. The molecule has 6 nitrogen and oxygen atoms in total. The molecule has 6 heteroatoms. The van der Waals surface area contributed by atoms with Crippen LogP contribution < -0.4 is 10.2 Å². The van der Waals surface area contributed by atoms with Crippen molar-refractivity contribution in [1.29, 1.82) is 0 Å². The lowest BCUT2D eigenvalue weighted by Crippen LogP contribution is -2.51. The SMILES string of the molecule is CCC(C(=O)NC1CCCCC1)N(Cc1ccccc1)C(=O)CCCN1C(=O)c2cccc3cccc1c23. The third-order valence-corrected chi connectivity index (χ3v) is 7.95. The second-order valence-electron chi connectivity index (χ2n) is 10.5. The molecule has 0 saturated heterocycles. The van der Waals surface area contributed by atoms with Gasteiger partial charge in [-0.05, 0) is 48.8 Å². The van der Waals surface area contributed by atoms with E-state index in [4.69, 9.17) is 0 Å². The van der Waals surface area contributed by atoms with Crippen molar-refractivity contribution in [2.24, 2.45) is 0 Å². The molecule has 1 saturated carbocycles. The van der Waals surface area contributed by atoms with Crippen LogP contribution in [0.2, 0.25) is 0 Å². The zero-order valence-corrected chi connectivity index (χ0v) is 22.2. The molecule has 1 fully saturated rings. The molecule has 38 heavy (non-hydrogen) atoms. The van der Waals surface area contributed by atoms with Gasteiger partial charge in [0.2, 0.25) is 11.8 Å². The molecule has 1 atom stereocenters. The molecule has 1 unspecified atom stereocenters. The molecular weight excluding hydrogens is 474 g/mol. The van der Waals surface area contributed by atoms with Gasteiger partial charge in [-0.25, -0.2) is 0 Å². The maximum atomic E-state index is 13.7. The Bertz CT molecular complexity index is 1290. The second kappa shape index (κ2) is 11.8. The highest BCUT2D eigenvalue weighted by Gasteiger charge is 2.32. The third kappa shape index (κ3) is 5.45. The smallest absolute Gasteiger partial charge is 0.258 e. The fourth-order valence-corrected chi connectivity index (χ4v) is 5.98. The molecule has 3 aromatic carbocycles. The fourth-order valence-electron chi connectivity index (χ4n) is 5.98. The van der Waals surface area contributed by atoms with Crippen LogP contribution in [-0.4, -0.2) is 41.2 Å². The van der Waals surface area contributed by atoms with Gasteiger partial charge < -0.3 is 15.1 Å². The van der Waals surface area contributed by atoms with E-state index < -0.39 is 6.04 Å². The molecule has 0 radical (unpaired) electrons. The summed E-state index contributed by atoms with van der Waals surface area (Å²) in [6.07, 6.45) is 6.88. The summed E-state index contributed by atoms with van der Waals surface area (Å²) in [7, 11) is 0. The molecule has 2 aliphatic rings. The number of carbonyl (C=O) groups excluding carboxylic acids is 3. The van der Waals surface area contributed by atoms with E-state index in [9.17, 15) is 14.4 Å². The highest BCUT2D eigenvalue weighted by atomic mass is 16.2. The minimum atomic E-state index is -0.518. The average Bonchev–Trinajstić information content (AvgIpc) is 3.22. The number of rotatable bonds is 10. The Labute approximate surface area is 225 Å². The number of benzene rings is 3. The minimum absolute atomic E-state index is 0.0105. The van der Waals surface area contributed by atoms with Crippen molar-refractivity contribution >= 4 is 34.2 Å². The molecule has 0 bridgehead atoms. The molecular formula is C32H37N3O3. The summed E-state index contributed by atoms with van der Waals surface area (Å²) in [4.78, 5) is 43.7. The maximum absolute atomic E-state index is 13.7. The monoisotopic (exact) mass is 511 g/mol. The summed E-state index contributed by atoms with van der Waals surface area (Å²) in [5.74, 6) is -0.119. The van der Waals surface area contributed by atoms with Crippen molar-refractivity contribution in [3.05, 3.63) is 77.9 Å². The zero-order valence-electron chi connectivity index (χ0n) is 22.2. The molecule has 0 spiro atoms. The van der Waals surface area contributed by atoms with Crippen LogP contribution in [0, 0.1) is 0 Å². The van der Waals surface area contributed by atoms with Crippen molar-refractivity contribution in [3.63, 3.8) is 0 Å². The number of hydrogen-bond donors (Lipinski definition) is 1. The van der Waals surface area contributed by atoms with Gasteiger partial charge in [-0.3, -0.25) is 14.4 Å². The van der Waals surface area contributed by atoms with Gasteiger partial charge in [0.15, 0.2) is 0 Å². The summed E-state index contributed by atoms with van der Waals surface area (Å²) < 4.78 is 0. The first-order valence-electron chi connectivity index (χ1n) is 14.0. The maximum Gasteiger partial charge on any atom is 0.258 e. The summed E-state index contributed by atoms with van der Waals surface area (Å²) >= 11 is 0. The van der Waals surface area contributed by atoms with Crippen LogP contribution in [0.15, 0.2) is 66.7 Å². The lowest BCUT2D eigenvalue weighted by Gasteiger charge is -2.33. The molecule has 198 valence electrons. The first-order chi connectivity index (χ1) is 18.6. The lowest BCUT2D eigenvalue weighted by atomic mass is 9.95. The Hall–Kier alpha value is -3.67. The Morgan fingerprint density at radius 3 is 2.45 bits per heavy atom. The molecule has 0 aromatic heterocycles. The Morgan fingerprint density at radius 2 is 1.71 bits per heavy atom. The predicted octanol–water partition coefficient (Wildman–Crippen LogP) is 5.84. The summed E-state index contributed by atoms with van der Waals surface area (Å²) in [5.41, 5.74) is 2.64. The summed E-state index contributed by atoms with van der Waals surface area (Å²) in [5, 5.41) is 5.27. The van der Waals surface area contributed by atoms with E-state index in [2.05, 4.69) is 5.32 Å². The van der Waals surface area contributed by atoms with Crippen LogP contribution in [0.4, 0.5) is 5.69 Å². The largest absolute Gasteiger partial charge is 0.352 e. The van der Waals surface area contributed by atoms with Crippen molar-refractivity contribution in [2.45, 2.75) is 76.9 Å². The molecule has 1 N–H and O–H groups in total. The lowest BCUT2D eigenvalue weighted by molar-refractivity contribution is -0.141. The molecule has 1 aliphatic carbocycles. The van der Waals surface area contributed by atoms with Crippen LogP contribution in [0.1, 0.15) is 74.2 Å². The van der Waals surface area contributed by atoms with Crippen LogP contribution >= 0.6 is 0 Å². The molecule has 3 amide bonds. The number of hydrogen-bond acceptors (Lipinski definition) is 3. The van der Waals surface area contributed by atoms with Gasteiger partial charge in [-0.1, -0.05) is 80.8 Å². The van der Waals surface area contributed by atoms with E-state index in [0.29, 0.717) is 25.9 Å². The van der Waals surface area contributed by atoms with Crippen LogP contribution in [-0.2, 0) is 16.1 Å². The van der Waals surface area contributed by atoms with Crippen molar-refractivity contribution in [1.82, 2.24) is 10.2 Å². The van der Waals surface area contributed by atoms with Crippen LogP contribution in [0.25, 0.3) is 10.8 Å². The van der Waals surface area contributed by atoms with Crippen molar-refractivity contribution < 1.29 is 14.4 Å². The third-order valence-electron chi connectivity index (χ3n) is 7.95. The van der Waals surface area contributed by atoms with Gasteiger partial charge in [-0.2, -0.15) is 0 Å². The van der Waals surface area contributed by atoms with E-state index in [0.717, 1.165) is 53.3 Å². The Morgan fingerprint density at radius 1 is 0.974 bits per heavy atom. The number of anilines is 1. The van der Waals surface area contributed by atoms with Crippen molar-refractivity contribution in [2.75, 3.05) is 11.4 Å². The highest BCUT2D eigenvalue weighted by Crippen LogP contribution is 2.37.